The van der Waals surface area contributed by atoms with Crippen LogP contribution in [0.5, 0.6) is 5.75 Å². The highest BCUT2D eigenvalue weighted by atomic mass is 16.5. The monoisotopic (exact) mass is 379 g/mol. The van der Waals surface area contributed by atoms with Crippen molar-refractivity contribution in [3.05, 3.63) is 65.2 Å². The third-order valence-corrected chi connectivity index (χ3v) is 5.73. The van der Waals surface area contributed by atoms with E-state index in [4.69, 9.17) is 4.74 Å². The van der Waals surface area contributed by atoms with Gasteiger partial charge in [-0.05, 0) is 42.8 Å². The van der Waals surface area contributed by atoms with Crippen molar-refractivity contribution in [1.29, 1.82) is 0 Å². The molecular formula is C23H29N3O2. The van der Waals surface area contributed by atoms with E-state index in [9.17, 15) is 4.79 Å². The van der Waals surface area contributed by atoms with Gasteiger partial charge in [0.15, 0.2) is 0 Å². The summed E-state index contributed by atoms with van der Waals surface area (Å²) in [6, 6.07) is 16.2. The molecule has 2 aromatic carbocycles. The Labute approximate surface area is 167 Å². The van der Waals surface area contributed by atoms with Crippen LogP contribution >= 0.6 is 0 Å². The Kier molecular flexibility index (Phi) is 5.93. The van der Waals surface area contributed by atoms with Crippen LogP contribution in [0.4, 0.5) is 0 Å². The van der Waals surface area contributed by atoms with Crippen LogP contribution in [0.1, 0.15) is 21.5 Å². The van der Waals surface area contributed by atoms with Gasteiger partial charge in [-0.25, -0.2) is 0 Å². The second-order valence-corrected chi connectivity index (χ2v) is 7.98. The molecule has 2 aromatic rings. The lowest BCUT2D eigenvalue weighted by Gasteiger charge is -2.32. The van der Waals surface area contributed by atoms with Crippen LogP contribution in [0.3, 0.4) is 0 Å². The predicted molar refractivity (Wildman–Crippen MR) is 111 cm³/mol. The third-order valence-electron chi connectivity index (χ3n) is 5.73. The molecule has 0 unspecified atom stereocenters. The van der Waals surface area contributed by atoms with Gasteiger partial charge < -0.3 is 15.0 Å². The molecule has 2 aliphatic rings. The molecule has 0 spiro atoms. The number of likely N-dealkylation sites (N-methyl/N-ethyl adjacent to an activating group) is 1. The Morgan fingerprint density at radius 1 is 1.07 bits per heavy atom. The summed E-state index contributed by atoms with van der Waals surface area (Å²) in [6.07, 6.45) is 0.945. The van der Waals surface area contributed by atoms with E-state index in [1.54, 1.807) is 0 Å². The van der Waals surface area contributed by atoms with E-state index < -0.39 is 0 Å². The number of para-hydroxylation sites is 1. The molecule has 0 bridgehead atoms. The molecule has 2 aliphatic heterocycles. The molecule has 0 aromatic heterocycles. The smallest absolute Gasteiger partial charge is 0.251 e. The van der Waals surface area contributed by atoms with Gasteiger partial charge >= 0.3 is 0 Å². The maximum absolute atomic E-state index is 12.5. The van der Waals surface area contributed by atoms with E-state index in [0.717, 1.165) is 50.5 Å². The average Bonchev–Trinajstić information content (AvgIpc) is 2.74. The molecule has 1 amide bonds. The SMILES string of the molecule is CN1CCN(Cc2ccc(C(=O)NC[C@H]3COc4ccccc4C3)cc2)CC1. The lowest BCUT2D eigenvalue weighted by molar-refractivity contribution is 0.0939. The fraction of sp³-hybridized carbons (Fsp3) is 0.435. The molecule has 1 fully saturated rings. The van der Waals surface area contributed by atoms with Crippen molar-refractivity contribution in [2.24, 2.45) is 5.92 Å². The third kappa shape index (κ3) is 4.72. The van der Waals surface area contributed by atoms with Crippen molar-refractivity contribution in [1.82, 2.24) is 15.1 Å². The number of rotatable bonds is 5. The number of carbonyl (C=O) groups excluding carboxylic acids is 1. The minimum atomic E-state index is -0.00925. The van der Waals surface area contributed by atoms with E-state index in [0.29, 0.717) is 19.1 Å². The zero-order chi connectivity index (χ0) is 19.3. The summed E-state index contributed by atoms with van der Waals surface area (Å²) in [4.78, 5) is 17.3. The highest BCUT2D eigenvalue weighted by molar-refractivity contribution is 5.94. The highest BCUT2D eigenvalue weighted by Gasteiger charge is 2.20. The number of amides is 1. The van der Waals surface area contributed by atoms with Crippen LogP contribution in [-0.4, -0.2) is 62.1 Å². The van der Waals surface area contributed by atoms with Gasteiger partial charge in [0.05, 0.1) is 6.61 Å². The van der Waals surface area contributed by atoms with Gasteiger partial charge in [0, 0.05) is 50.7 Å². The number of piperazine rings is 1. The second-order valence-electron chi connectivity index (χ2n) is 7.98. The minimum Gasteiger partial charge on any atom is -0.493 e. The van der Waals surface area contributed by atoms with Crippen molar-refractivity contribution in [2.75, 3.05) is 46.4 Å². The quantitative estimate of drug-likeness (QED) is 0.867. The summed E-state index contributed by atoms with van der Waals surface area (Å²) in [5.41, 5.74) is 3.21. The molecule has 1 saturated heterocycles. The van der Waals surface area contributed by atoms with Crippen molar-refractivity contribution in [3.63, 3.8) is 0 Å². The first-order valence-electron chi connectivity index (χ1n) is 10.2. The number of benzene rings is 2. The predicted octanol–water partition coefficient (Wildman–Crippen LogP) is 2.42. The summed E-state index contributed by atoms with van der Waals surface area (Å²) in [6.45, 7) is 6.69. The van der Waals surface area contributed by atoms with Gasteiger partial charge in [-0.15, -0.1) is 0 Å². The zero-order valence-corrected chi connectivity index (χ0v) is 16.6. The van der Waals surface area contributed by atoms with E-state index in [1.165, 1.54) is 11.1 Å². The van der Waals surface area contributed by atoms with Crippen molar-refractivity contribution >= 4 is 5.91 Å². The lowest BCUT2D eigenvalue weighted by atomic mass is 9.96. The summed E-state index contributed by atoms with van der Waals surface area (Å²) in [5.74, 6) is 1.28. The van der Waals surface area contributed by atoms with Crippen molar-refractivity contribution in [3.8, 4) is 5.75 Å². The number of nitrogens with one attached hydrogen (secondary N) is 1. The van der Waals surface area contributed by atoms with Gasteiger partial charge in [0.2, 0.25) is 0 Å². The number of fused-ring (bicyclic) bond motifs is 1. The van der Waals surface area contributed by atoms with E-state index >= 15 is 0 Å². The van der Waals surface area contributed by atoms with Gasteiger partial charge in [-0.2, -0.15) is 0 Å². The number of hydrogen-bond acceptors (Lipinski definition) is 4. The molecule has 1 atom stereocenters. The summed E-state index contributed by atoms with van der Waals surface area (Å²) >= 11 is 0. The molecule has 0 aliphatic carbocycles. The number of ether oxygens (including phenoxy) is 1. The molecule has 28 heavy (non-hydrogen) atoms. The van der Waals surface area contributed by atoms with Gasteiger partial charge in [0.25, 0.3) is 5.91 Å². The van der Waals surface area contributed by atoms with Crippen LogP contribution < -0.4 is 10.1 Å². The van der Waals surface area contributed by atoms with Crippen LogP contribution in [0, 0.1) is 5.92 Å². The highest BCUT2D eigenvalue weighted by Crippen LogP contribution is 2.26. The molecule has 4 rings (SSSR count). The Balaban J connectivity index is 1.26. The maximum atomic E-state index is 12.5. The Bertz CT molecular complexity index is 798. The van der Waals surface area contributed by atoms with E-state index in [1.807, 2.05) is 30.3 Å². The van der Waals surface area contributed by atoms with Crippen LogP contribution in [0.2, 0.25) is 0 Å². The van der Waals surface area contributed by atoms with Crippen LogP contribution in [0.15, 0.2) is 48.5 Å². The molecule has 0 radical (unpaired) electrons. The lowest BCUT2D eigenvalue weighted by Crippen LogP contribution is -2.43. The van der Waals surface area contributed by atoms with Crippen LogP contribution in [0.25, 0.3) is 0 Å². The van der Waals surface area contributed by atoms with Gasteiger partial charge in [-0.1, -0.05) is 30.3 Å². The maximum Gasteiger partial charge on any atom is 0.251 e. The first-order valence-corrected chi connectivity index (χ1v) is 10.2. The molecule has 0 saturated carbocycles. The van der Waals surface area contributed by atoms with E-state index in [2.05, 4.69) is 40.4 Å². The molecule has 2 heterocycles. The fourth-order valence-corrected chi connectivity index (χ4v) is 3.89. The van der Waals surface area contributed by atoms with Gasteiger partial charge in [-0.3, -0.25) is 9.69 Å². The molecule has 5 nitrogen and oxygen atoms in total. The number of nitrogens with zero attached hydrogens (tertiary/aromatic N) is 2. The minimum absolute atomic E-state index is 0.00925. The first kappa shape index (κ1) is 19.0. The molecule has 148 valence electrons. The first-order chi connectivity index (χ1) is 13.7. The second kappa shape index (κ2) is 8.76. The van der Waals surface area contributed by atoms with Gasteiger partial charge in [0.1, 0.15) is 5.75 Å². The average molecular weight is 380 g/mol. The number of hydrogen-bond donors (Lipinski definition) is 1. The topological polar surface area (TPSA) is 44.8 Å². The fourth-order valence-electron chi connectivity index (χ4n) is 3.89. The largest absolute Gasteiger partial charge is 0.493 e. The summed E-state index contributed by atoms with van der Waals surface area (Å²) < 4.78 is 5.81. The summed E-state index contributed by atoms with van der Waals surface area (Å²) in [7, 11) is 2.17. The summed E-state index contributed by atoms with van der Waals surface area (Å²) in [5, 5.41) is 3.07. The van der Waals surface area contributed by atoms with Crippen LogP contribution in [-0.2, 0) is 13.0 Å². The Morgan fingerprint density at radius 3 is 2.61 bits per heavy atom. The van der Waals surface area contributed by atoms with E-state index in [-0.39, 0.29) is 5.91 Å². The standard InChI is InChI=1S/C23H29N3O2/c1-25-10-12-26(13-11-25)16-18-6-8-20(9-7-18)23(27)24-15-19-14-21-4-2-3-5-22(21)28-17-19/h2-9,19H,10-17H2,1H3,(H,24,27)/t19-/m0/s1. The number of carbonyl (C=O) groups is 1. The zero-order valence-electron chi connectivity index (χ0n) is 16.6. The molecular weight excluding hydrogens is 350 g/mol. The Hall–Kier alpha value is -2.37. The molecule has 1 N–H and O–H groups in total. The molecule has 5 heteroatoms. The van der Waals surface area contributed by atoms with Crippen molar-refractivity contribution in [2.45, 2.75) is 13.0 Å². The van der Waals surface area contributed by atoms with Crippen molar-refractivity contribution < 1.29 is 9.53 Å². The Morgan fingerprint density at radius 2 is 1.82 bits per heavy atom. The normalized spacial score (nSPS) is 20.2.